The summed E-state index contributed by atoms with van der Waals surface area (Å²) in [6.07, 6.45) is 6.43. The lowest BCUT2D eigenvalue weighted by atomic mass is 9.60. The number of aryl methyl sites for hydroxylation is 1. The van der Waals surface area contributed by atoms with E-state index >= 15 is 0 Å². The van der Waals surface area contributed by atoms with Crippen molar-refractivity contribution >= 4 is 5.91 Å². The van der Waals surface area contributed by atoms with Gasteiger partial charge >= 0.3 is 0 Å². The highest BCUT2D eigenvalue weighted by Gasteiger charge is 2.48. The zero-order chi connectivity index (χ0) is 22.2. The van der Waals surface area contributed by atoms with Crippen LogP contribution in [0.5, 0.6) is 0 Å². The van der Waals surface area contributed by atoms with Crippen LogP contribution in [0.1, 0.15) is 48.8 Å². The third-order valence-corrected chi connectivity index (χ3v) is 7.05. The molecule has 0 aliphatic heterocycles. The third kappa shape index (κ3) is 4.78. The lowest BCUT2D eigenvalue weighted by Crippen LogP contribution is -2.51. The number of nitrogens with one attached hydrogen (secondary N) is 1. The molecule has 1 aliphatic carbocycles. The van der Waals surface area contributed by atoms with Gasteiger partial charge in [-0.3, -0.25) is 4.79 Å². The first-order valence-corrected chi connectivity index (χ1v) is 11.9. The lowest BCUT2D eigenvalue weighted by Gasteiger charge is -2.43. The quantitative estimate of drug-likeness (QED) is 0.460. The second-order valence-corrected chi connectivity index (χ2v) is 9.01. The van der Waals surface area contributed by atoms with Crippen LogP contribution in [-0.4, -0.2) is 18.5 Å². The van der Waals surface area contributed by atoms with Gasteiger partial charge in [-0.1, -0.05) is 97.4 Å². The van der Waals surface area contributed by atoms with Gasteiger partial charge in [0.1, 0.15) is 5.41 Å². The van der Waals surface area contributed by atoms with E-state index < -0.39 is 5.41 Å². The molecule has 4 rings (SSSR count). The summed E-state index contributed by atoms with van der Waals surface area (Å²) in [6, 6.07) is 31.4. The number of carbonyl (C=O) groups is 1. The Hall–Kier alpha value is -2.91. The number of hydrogen-bond acceptors (Lipinski definition) is 2. The number of carbonyl (C=O) groups excluding carboxylic acids is 1. The molecule has 1 aliphatic rings. The Morgan fingerprint density at radius 1 is 0.844 bits per heavy atom. The Balaban J connectivity index is 1.52. The van der Waals surface area contributed by atoms with Crippen LogP contribution < -0.4 is 11.1 Å². The molecule has 0 heterocycles. The molecule has 3 N–H and O–H groups in total. The number of hydrogen-bond donors (Lipinski definition) is 2. The molecule has 1 saturated carbocycles. The number of amides is 1. The minimum Gasteiger partial charge on any atom is -0.369 e. The minimum atomic E-state index is -0.799. The van der Waals surface area contributed by atoms with Crippen LogP contribution in [0.25, 0.3) is 0 Å². The summed E-state index contributed by atoms with van der Waals surface area (Å²) in [5, 5.41) is 3.78. The highest BCUT2D eigenvalue weighted by atomic mass is 16.1. The summed E-state index contributed by atoms with van der Waals surface area (Å²) in [5.74, 6) is -0.0743. The first-order valence-electron chi connectivity index (χ1n) is 11.9. The van der Waals surface area contributed by atoms with Crippen molar-refractivity contribution in [2.45, 2.75) is 50.0 Å². The van der Waals surface area contributed by atoms with Gasteiger partial charge in [-0.05, 0) is 61.3 Å². The molecule has 32 heavy (non-hydrogen) atoms. The molecule has 3 aromatic rings. The molecule has 166 valence electrons. The van der Waals surface area contributed by atoms with Gasteiger partial charge in [0.15, 0.2) is 0 Å². The van der Waals surface area contributed by atoms with E-state index in [0.29, 0.717) is 6.04 Å². The van der Waals surface area contributed by atoms with E-state index in [0.717, 1.165) is 56.2 Å². The van der Waals surface area contributed by atoms with E-state index in [9.17, 15) is 4.79 Å². The fraction of sp³-hybridized carbons (Fsp3) is 0.345. The average molecular weight is 427 g/mol. The molecule has 0 aromatic heterocycles. The second kappa shape index (κ2) is 10.6. The van der Waals surface area contributed by atoms with Crippen LogP contribution in [0.2, 0.25) is 0 Å². The smallest absolute Gasteiger partial charge is 0.232 e. The maximum Gasteiger partial charge on any atom is 0.232 e. The van der Waals surface area contributed by atoms with Gasteiger partial charge in [-0.2, -0.15) is 0 Å². The highest BCUT2D eigenvalue weighted by Crippen LogP contribution is 2.45. The van der Waals surface area contributed by atoms with Gasteiger partial charge in [-0.25, -0.2) is 0 Å². The molecular formula is C29H34N2O. The largest absolute Gasteiger partial charge is 0.369 e. The van der Waals surface area contributed by atoms with Crippen LogP contribution in [0.15, 0.2) is 91.0 Å². The molecule has 3 aromatic carbocycles. The molecule has 1 fully saturated rings. The number of primary amides is 1. The second-order valence-electron chi connectivity index (χ2n) is 9.01. The summed E-state index contributed by atoms with van der Waals surface area (Å²) < 4.78 is 0. The first kappa shape index (κ1) is 22.3. The van der Waals surface area contributed by atoms with E-state index in [1.165, 1.54) is 5.56 Å². The molecular weight excluding hydrogens is 392 g/mol. The van der Waals surface area contributed by atoms with Crippen molar-refractivity contribution in [1.29, 1.82) is 0 Å². The zero-order valence-electron chi connectivity index (χ0n) is 18.8. The van der Waals surface area contributed by atoms with Gasteiger partial charge in [0.2, 0.25) is 5.91 Å². The van der Waals surface area contributed by atoms with Gasteiger partial charge < -0.3 is 11.1 Å². The topological polar surface area (TPSA) is 55.1 Å². The van der Waals surface area contributed by atoms with Crippen LogP contribution in [-0.2, 0) is 16.6 Å². The Bertz CT molecular complexity index is 932. The summed E-state index contributed by atoms with van der Waals surface area (Å²) >= 11 is 0. The minimum absolute atomic E-state index is 0.171. The van der Waals surface area contributed by atoms with Gasteiger partial charge in [0.05, 0.1) is 0 Å². The van der Waals surface area contributed by atoms with Crippen molar-refractivity contribution in [1.82, 2.24) is 5.32 Å². The number of nitrogens with two attached hydrogens (primary N) is 1. The van der Waals surface area contributed by atoms with Crippen LogP contribution in [0.3, 0.4) is 0 Å². The maximum absolute atomic E-state index is 13.2. The summed E-state index contributed by atoms with van der Waals surface area (Å²) in [5.41, 5.74) is 8.84. The predicted molar refractivity (Wildman–Crippen MR) is 131 cm³/mol. The van der Waals surface area contributed by atoms with Crippen LogP contribution in [0.4, 0.5) is 0 Å². The van der Waals surface area contributed by atoms with Crippen molar-refractivity contribution in [3.05, 3.63) is 108 Å². The standard InChI is InChI=1S/C29H34N2O/c30-28(32)29(24-15-6-2-7-16-24,25-17-8-3-9-18-25)26-19-10-20-27(22-26)31-21-11-14-23-12-4-1-5-13-23/h1-9,12-13,15-18,26-27,31H,10-11,14,19-22H2,(H2,30,32). The normalized spacial score (nSPS) is 18.9. The van der Waals surface area contributed by atoms with Gasteiger partial charge in [0.25, 0.3) is 0 Å². The molecule has 2 atom stereocenters. The van der Waals surface area contributed by atoms with Crippen molar-refractivity contribution in [3.63, 3.8) is 0 Å². The molecule has 0 bridgehead atoms. The number of benzene rings is 3. The van der Waals surface area contributed by atoms with E-state index in [1.807, 2.05) is 36.4 Å². The average Bonchev–Trinajstić information content (AvgIpc) is 2.84. The fourth-order valence-corrected chi connectivity index (χ4v) is 5.54. The van der Waals surface area contributed by atoms with Crippen molar-refractivity contribution in [3.8, 4) is 0 Å². The van der Waals surface area contributed by atoms with Crippen molar-refractivity contribution in [2.75, 3.05) is 6.54 Å². The van der Waals surface area contributed by atoms with Crippen LogP contribution >= 0.6 is 0 Å². The Kier molecular flexibility index (Phi) is 7.39. The van der Waals surface area contributed by atoms with E-state index in [4.69, 9.17) is 5.73 Å². The fourth-order valence-electron chi connectivity index (χ4n) is 5.54. The Morgan fingerprint density at radius 3 is 1.97 bits per heavy atom. The van der Waals surface area contributed by atoms with E-state index in [-0.39, 0.29) is 11.8 Å². The van der Waals surface area contributed by atoms with Crippen LogP contribution in [0, 0.1) is 5.92 Å². The molecule has 0 saturated heterocycles. The summed E-state index contributed by atoms with van der Waals surface area (Å²) in [6.45, 7) is 0.993. The third-order valence-electron chi connectivity index (χ3n) is 7.05. The Labute approximate surface area is 192 Å². The summed E-state index contributed by atoms with van der Waals surface area (Å²) in [7, 11) is 0. The van der Waals surface area contributed by atoms with Crippen molar-refractivity contribution < 1.29 is 4.79 Å². The molecule has 0 radical (unpaired) electrons. The van der Waals surface area contributed by atoms with E-state index in [2.05, 4.69) is 59.9 Å². The molecule has 3 heteroatoms. The molecule has 0 spiro atoms. The zero-order valence-corrected chi connectivity index (χ0v) is 18.8. The summed E-state index contributed by atoms with van der Waals surface area (Å²) in [4.78, 5) is 13.2. The van der Waals surface area contributed by atoms with E-state index in [1.54, 1.807) is 0 Å². The molecule has 3 nitrogen and oxygen atoms in total. The Morgan fingerprint density at radius 2 is 1.41 bits per heavy atom. The van der Waals surface area contributed by atoms with Crippen molar-refractivity contribution in [2.24, 2.45) is 11.7 Å². The SMILES string of the molecule is NC(=O)C(c1ccccc1)(c1ccccc1)C1CCCC(NCCCc2ccccc2)C1. The van der Waals surface area contributed by atoms with Gasteiger partial charge in [-0.15, -0.1) is 0 Å². The maximum atomic E-state index is 13.2. The highest BCUT2D eigenvalue weighted by molar-refractivity contribution is 5.91. The van der Waals surface area contributed by atoms with Gasteiger partial charge in [0, 0.05) is 6.04 Å². The monoisotopic (exact) mass is 426 g/mol. The molecule has 2 unspecified atom stereocenters. The number of rotatable bonds is 9. The predicted octanol–water partition coefficient (Wildman–Crippen LogP) is 5.24. The molecule has 1 amide bonds. The first-order chi connectivity index (χ1) is 15.7. The lowest BCUT2D eigenvalue weighted by molar-refractivity contribution is -0.124.